The average Bonchev–Trinajstić information content (AvgIpc) is 2.36. The maximum Gasteiger partial charge on any atom is 0.0689 e. The Morgan fingerprint density at radius 2 is 2.17 bits per heavy atom. The lowest BCUT2D eigenvalue weighted by atomic mass is 10.1. The van der Waals surface area contributed by atoms with E-state index in [4.69, 9.17) is 0 Å². The number of allylic oxidation sites excluding steroid dienone is 1. The Hall–Kier alpha value is -1.28. The molecule has 0 aliphatic carbocycles. The van der Waals surface area contributed by atoms with Gasteiger partial charge in [0.2, 0.25) is 0 Å². The normalized spacial score (nSPS) is 12.7. The number of aryl methyl sites for hydroxylation is 1. The molecule has 2 heteroatoms. The van der Waals surface area contributed by atoms with Crippen LogP contribution in [0.1, 0.15) is 31.4 Å². The molecule has 0 aromatic heterocycles. The quantitative estimate of drug-likeness (QED) is 0.417. The van der Waals surface area contributed by atoms with Crippen LogP contribution >= 0.6 is 11.8 Å². The van der Waals surface area contributed by atoms with Crippen LogP contribution in [0.4, 0.5) is 0 Å². The molecule has 1 aromatic rings. The van der Waals surface area contributed by atoms with Gasteiger partial charge in [-0.2, -0.15) is 0 Å². The molecule has 0 fully saturated rings. The molecule has 0 heterocycles. The van der Waals surface area contributed by atoms with Crippen LogP contribution in [-0.4, -0.2) is 12.1 Å². The zero-order valence-electron chi connectivity index (χ0n) is 11.7. The van der Waals surface area contributed by atoms with Gasteiger partial charge >= 0.3 is 0 Å². The molecule has 18 heavy (non-hydrogen) atoms. The summed E-state index contributed by atoms with van der Waals surface area (Å²) in [6.45, 7) is 10.4. The van der Waals surface area contributed by atoms with Crippen molar-refractivity contribution in [1.82, 2.24) is 0 Å². The van der Waals surface area contributed by atoms with Gasteiger partial charge in [0, 0.05) is 12.0 Å². The molecule has 1 nitrogen and oxygen atoms in total. The summed E-state index contributed by atoms with van der Waals surface area (Å²) in [7, 11) is 1.82. The van der Waals surface area contributed by atoms with Crippen molar-refractivity contribution in [2.45, 2.75) is 27.2 Å². The molecule has 0 N–H and O–H groups in total. The lowest BCUT2D eigenvalue weighted by Crippen LogP contribution is -1.89. The first-order valence-electron chi connectivity index (χ1n) is 6.14. The van der Waals surface area contributed by atoms with Gasteiger partial charge in [-0.25, -0.2) is 0 Å². The molecule has 0 spiro atoms. The zero-order valence-corrected chi connectivity index (χ0v) is 12.5. The zero-order chi connectivity index (χ0) is 13.5. The minimum absolute atomic E-state index is 0.960. The van der Waals surface area contributed by atoms with E-state index < -0.39 is 0 Å². The maximum atomic E-state index is 4.20. The Bertz CT molecular complexity index is 484. The monoisotopic (exact) mass is 259 g/mol. The van der Waals surface area contributed by atoms with Crippen LogP contribution in [0.15, 0.2) is 46.3 Å². The number of benzene rings is 1. The van der Waals surface area contributed by atoms with E-state index in [0.29, 0.717) is 0 Å². The lowest BCUT2D eigenvalue weighted by molar-refractivity contribution is 1.15. The molecule has 0 aliphatic heterocycles. The molecule has 1 aromatic carbocycles. The second-order valence-electron chi connectivity index (χ2n) is 4.22. The Labute approximate surface area is 115 Å². The first-order chi connectivity index (χ1) is 8.56. The largest absolute Gasteiger partial charge is 0.286 e. The van der Waals surface area contributed by atoms with E-state index in [-0.39, 0.29) is 0 Å². The summed E-state index contributed by atoms with van der Waals surface area (Å²) in [4.78, 5) is 5.40. The van der Waals surface area contributed by atoms with E-state index in [1.165, 1.54) is 16.0 Å². The van der Waals surface area contributed by atoms with Crippen LogP contribution in [0.2, 0.25) is 0 Å². The van der Waals surface area contributed by atoms with Gasteiger partial charge in [0.15, 0.2) is 0 Å². The van der Waals surface area contributed by atoms with Crippen LogP contribution in [0.3, 0.4) is 0 Å². The van der Waals surface area contributed by atoms with E-state index in [2.05, 4.69) is 55.8 Å². The van der Waals surface area contributed by atoms with E-state index in [1.807, 2.05) is 14.0 Å². The second kappa shape index (κ2) is 7.22. The van der Waals surface area contributed by atoms with Gasteiger partial charge in [-0.15, -0.1) is 0 Å². The summed E-state index contributed by atoms with van der Waals surface area (Å²) in [6.07, 6.45) is 3.15. The smallest absolute Gasteiger partial charge is 0.0689 e. The maximum absolute atomic E-state index is 4.20. The van der Waals surface area contributed by atoms with Gasteiger partial charge in [0.25, 0.3) is 0 Å². The van der Waals surface area contributed by atoms with Gasteiger partial charge < -0.3 is 0 Å². The first kappa shape index (κ1) is 14.8. The number of thioether (sulfide) groups is 1. The third kappa shape index (κ3) is 4.53. The van der Waals surface area contributed by atoms with Crippen LogP contribution < -0.4 is 0 Å². The minimum Gasteiger partial charge on any atom is -0.286 e. The lowest BCUT2D eigenvalue weighted by Gasteiger charge is -2.09. The number of aliphatic imine (C=N–C) groups is 1. The summed E-state index contributed by atoms with van der Waals surface area (Å²) in [5, 5.41) is 1.06. The van der Waals surface area contributed by atoms with Crippen molar-refractivity contribution >= 4 is 22.9 Å². The molecule has 0 atom stereocenters. The first-order valence-corrected chi connectivity index (χ1v) is 6.96. The molecule has 0 amide bonds. The third-order valence-corrected chi connectivity index (χ3v) is 3.79. The van der Waals surface area contributed by atoms with Gasteiger partial charge in [-0.1, -0.05) is 55.1 Å². The van der Waals surface area contributed by atoms with Crippen molar-refractivity contribution in [2.75, 3.05) is 7.05 Å². The summed E-state index contributed by atoms with van der Waals surface area (Å²) >= 11 is 1.69. The van der Waals surface area contributed by atoms with E-state index in [1.54, 1.807) is 11.8 Å². The van der Waals surface area contributed by atoms with Crippen molar-refractivity contribution in [3.05, 3.63) is 52.4 Å². The highest BCUT2D eigenvalue weighted by molar-refractivity contribution is 8.17. The summed E-state index contributed by atoms with van der Waals surface area (Å²) < 4.78 is 0. The highest BCUT2D eigenvalue weighted by atomic mass is 32.2. The Morgan fingerprint density at radius 1 is 1.44 bits per heavy atom. The topological polar surface area (TPSA) is 12.4 Å². The fourth-order valence-corrected chi connectivity index (χ4v) is 2.39. The van der Waals surface area contributed by atoms with Crippen molar-refractivity contribution in [2.24, 2.45) is 4.99 Å². The molecule has 0 saturated heterocycles. The van der Waals surface area contributed by atoms with Crippen LogP contribution in [0.5, 0.6) is 0 Å². The predicted octanol–water partition coefficient (Wildman–Crippen LogP) is 5.08. The molecular formula is C16H21NS. The molecule has 0 aliphatic rings. The highest BCUT2D eigenvalue weighted by Gasteiger charge is 2.04. The summed E-state index contributed by atoms with van der Waals surface area (Å²) in [6, 6.07) is 8.49. The van der Waals surface area contributed by atoms with Crippen molar-refractivity contribution < 1.29 is 0 Å². The molecule has 0 radical (unpaired) electrons. The molecule has 0 bridgehead atoms. The highest BCUT2D eigenvalue weighted by Crippen LogP contribution is 2.28. The van der Waals surface area contributed by atoms with Gasteiger partial charge in [-0.3, -0.25) is 4.99 Å². The minimum atomic E-state index is 0.960. The van der Waals surface area contributed by atoms with Gasteiger partial charge in [-0.05, 0) is 37.5 Å². The number of hydrogen-bond acceptors (Lipinski definition) is 2. The standard InChI is InChI=1S/C16H21NS/c1-6-13(3)16(18-14(4)17-5)11-15-9-7-8-12(2)10-15/h7-11H,3,6H2,1-2,4-5H3/b16-11+,17-14?. The molecule has 0 unspecified atom stereocenters. The van der Waals surface area contributed by atoms with Crippen LogP contribution in [0, 0.1) is 6.92 Å². The molecule has 0 saturated carbocycles. The Morgan fingerprint density at radius 3 is 2.72 bits per heavy atom. The van der Waals surface area contributed by atoms with Crippen molar-refractivity contribution in [1.29, 1.82) is 0 Å². The van der Waals surface area contributed by atoms with Crippen molar-refractivity contribution in [3.63, 3.8) is 0 Å². The molecule has 1 rings (SSSR count). The number of nitrogens with zero attached hydrogens (tertiary/aromatic N) is 1. The third-order valence-electron chi connectivity index (χ3n) is 2.69. The van der Waals surface area contributed by atoms with E-state index >= 15 is 0 Å². The molecular weight excluding hydrogens is 238 g/mol. The Kier molecular flexibility index (Phi) is 5.93. The van der Waals surface area contributed by atoms with Crippen molar-refractivity contribution in [3.8, 4) is 0 Å². The van der Waals surface area contributed by atoms with E-state index in [9.17, 15) is 0 Å². The number of rotatable bonds is 4. The summed E-state index contributed by atoms with van der Waals surface area (Å²) in [5.41, 5.74) is 3.65. The summed E-state index contributed by atoms with van der Waals surface area (Å²) in [5.74, 6) is 0. The van der Waals surface area contributed by atoms with E-state index in [0.717, 1.165) is 17.0 Å². The SMILES string of the molecule is C=C(CC)/C(=C\c1cccc(C)c1)SC(C)=NC. The van der Waals surface area contributed by atoms with Gasteiger partial charge in [0.1, 0.15) is 0 Å². The fraction of sp³-hybridized carbons (Fsp3) is 0.312. The second-order valence-corrected chi connectivity index (χ2v) is 5.46. The number of hydrogen-bond donors (Lipinski definition) is 0. The molecule has 96 valence electrons. The Balaban J connectivity index is 3.06. The average molecular weight is 259 g/mol. The fourth-order valence-electron chi connectivity index (χ4n) is 1.49. The van der Waals surface area contributed by atoms with Crippen LogP contribution in [-0.2, 0) is 0 Å². The van der Waals surface area contributed by atoms with Crippen LogP contribution in [0.25, 0.3) is 6.08 Å². The van der Waals surface area contributed by atoms with Gasteiger partial charge in [0.05, 0.1) is 5.04 Å². The predicted molar refractivity (Wildman–Crippen MR) is 85.2 cm³/mol.